The van der Waals surface area contributed by atoms with Crippen LogP contribution in [0.3, 0.4) is 0 Å². The van der Waals surface area contributed by atoms with E-state index in [9.17, 15) is 0 Å². The predicted octanol–water partition coefficient (Wildman–Crippen LogP) is 14.6. The lowest BCUT2D eigenvalue weighted by atomic mass is 10.0. The lowest BCUT2D eigenvalue weighted by Crippen LogP contribution is -2.13. The van der Waals surface area contributed by atoms with Gasteiger partial charge in [-0.2, -0.15) is 0 Å². The largest absolute Gasteiger partial charge is 0.456 e. The second kappa shape index (κ2) is 13.0. The number of para-hydroxylation sites is 3. The van der Waals surface area contributed by atoms with Crippen molar-refractivity contribution >= 4 is 77.9 Å². The van der Waals surface area contributed by atoms with Crippen molar-refractivity contribution in [3.63, 3.8) is 0 Å². The first kappa shape index (κ1) is 31.9. The molecule has 264 valence electrons. The van der Waals surface area contributed by atoms with E-state index >= 15 is 0 Å². The van der Waals surface area contributed by atoms with Crippen LogP contribution in [-0.4, -0.2) is 4.98 Å². The molecular weight excluding hydrogens is 687 g/mol. The molecule has 5 nitrogen and oxygen atoms in total. The molecule has 0 unspecified atom stereocenters. The lowest BCUT2D eigenvalue weighted by Gasteiger charge is -2.30. The van der Waals surface area contributed by atoms with Crippen LogP contribution >= 0.6 is 0 Å². The molecule has 0 amide bonds. The molecule has 2 heterocycles. The second-order valence-corrected chi connectivity index (χ2v) is 14.0. The monoisotopic (exact) mass is 719 g/mol. The van der Waals surface area contributed by atoms with Crippen LogP contribution < -0.4 is 9.80 Å². The minimum absolute atomic E-state index is 0.544. The number of oxazole rings is 1. The summed E-state index contributed by atoms with van der Waals surface area (Å²) in [5.41, 5.74) is 12.5. The number of aromatic nitrogens is 1. The summed E-state index contributed by atoms with van der Waals surface area (Å²) in [6, 6.07) is 69.7. The van der Waals surface area contributed by atoms with E-state index in [1.165, 1.54) is 5.56 Å². The highest BCUT2D eigenvalue weighted by Crippen LogP contribution is 2.46. The van der Waals surface area contributed by atoms with Crippen molar-refractivity contribution in [3.8, 4) is 22.6 Å². The number of hydrogen-bond donors (Lipinski definition) is 0. The quantitative estimate of drug-likeness (QED) is 0.146. The Kier molecular flexibility index (Phi) is 7.42. The van der Waals surface area contributed by atoms with Gasteiger partial charge in [0, 0.05) is 61.2 Å². The summed E-state index contributed by atoms with van der Waals surface area (Å²) in [6.07, 6.45) is 0. The van der Waals surface area contributed by atoms with Crippen LogP contribution in [0, 0.1) is 0 Å². The van der Waals surface area contributed by atoms with E-state index in [-0.39, 0.29) is 0 Å². The van der Waals surface area contributed by atoms with Crippen LogP contribution in [0.5, 0.6) is 0 Å². The highest BCUT2D eigenvalue weighted by atomic mass is 16.3. The molecule has 0 atom stereocenters. The van der Waals surface area contributed by atoms with Crippen LogP contribution in [0.15, 0.2) is 209 Å². The average molecular weight is 720 g/mol. The maximum Gasteiger partial charge on any atom is 0.227 e. The van der Waals surface area contributed by atoms with Crippen molar-refractivity contribution in [2.24, 2.45) is 0 Å². The van der Waals surface area contributed by atoms with Crippen LogP contribution in [0.25, 0.3) is 66.4 Å². The third-order valence-electron chi connectivity index (χ3n) is 10.6. The Hall–Kier alpha value is -7.63. The lowest BCUT2D eigenvalue weighted by molar-refractivity contribution is 0.623. The fraction of sp³-hybridized carbons (Fsp3) is 0. The number of benzene rings is 9. The molecule has 5 heteroatoms. The van der Waals surface area contributed by atoms with Gasteiger partial charge < -0.3 is 18.6 Å². The molecule has 0 saturated carbocycles. The van der Waals surface area contributed by atoms with Gasteiger partial charge >= 0.3 is 0 Å². The molecule has 0 bridgehead atoms. The zero-order chi connectivity index (χ0) is 37.0. The third kappa shape index (κ3) is 5.29. The van der Waals surface area contributed by atoms with Crippen molar-refractivity contribution < 1.29 is 8.83 Å². The summed E-state index contributed by atoms with van der Waals surface area (Å²) >= 11 is 0. The Labute approximate surface area is 323 Å². The van der Waals surface area contributed by atoms with Gasteiger partial charge in [0.15, 0.2) is 5.58 Å². The van der Waals surface area contributed by atoms with Crippen LogP contribution in [0.4, 0.5) is 34.1 Å². The van der Waals surface area contributed by atoms with E-state index in [1.54, 1.807) is 0 Å². The first-order valence-electron chi connectivity index (χ1n) is 18.8. The normalized spacial score (nSPS) is 11.6. The van der Waals surface area contributed by atoms with Gasteiger partial charge in [0.25, 0.3) is 0 Å². The molecule has 2 aromatic heterocycles. The summed E-state index contributed by atoms with van der Waals surface area (Å²) in [7, 11) is 0. The number of fused-ring (bicyclic) bond motifs is 3. The van der Waals surface area contributed by atoms with Gasteiger partial charge in [-0.3, -0.25) is 0 Å². The highest BCUT2D eigenvalue weighted by Gasteiger charge is 2.24. The number of anilines is 6. The molecule has 11 aromatic rings. The van der Waals surface area contributed by atoms with Crippen molar-refractivity contribution in [1.29, 1.82) is 0 Å². The average Bonchev–Trinajstić information content (AvgIpc) is 3.89. The smallest absolute Gasteiger partial charge is 0.227 e. The fourth-order valence-corrected chi connectivity index (χ4v) is 8.10. The van der Waals surface area contributed by atoms with Crippen molar-refractivity contribution in [1.82, 2.24) is 4.98 Å². The van der Waals surface area contributed by atoms with E-state index in [0.717, 1.165) is 89.1 Å². The topological polar surface area (TPSA) is 45.7 Å². The van der Waals surface area contributed by atoms with Gasteiger partial charge in [-0.1, -0.05) is 121 Å². The Morgan fingerprint density at radius 3 is 1.36 bits per heavy atom. The van der Waals surface area contributed by atoms with Gasteiger partial charge in [-0.15, -0.1) is 0 Å². The van der Waals surface area contributed by atoms with E-state index < -0.39 is 0 Å². The van der Waals surface area contributed by atoms with Crippen LogP contribution in [-0.2, 0) is 0 Å². The van der Waals surface area contributed by atoms with Crippen molar-refractivity contribution in [3.05, 3.63) is 200 Å². The Balaban J connectivity index is 1.17. The maximum absolute atomic E-state index is 6.91. The summed E-state index contributed by atoms with van der Waals surface area (Å²) in [5.74, 6) is 0.544. The number of furan rings is 1. The Morgan fingerprint density at radius 2 is 0.804 bits per heavy atom. The summed E-state index contributed by atoms with van der Waals surface area (Å²) < 4.78 is 13.2. The van der Waals surface area contributed by atoms with E-state index in [1.807, 2.05) is 30.3 Å². The molecule has 0 aliphatic rings. The molecule has 0 fully saturated rings. The SMILES string of the molecule is c1ccc(-c2ccc(N(c3ccccc3)c3cc(-c4nc5c6cccc7oc8cccc(c5o4)c8c76)cc(N(c4ccccc4)c4ccccc4)c3)cc2)cc1. The predicted molar refractivity (Wildman–Crippen MR) is 230 cm³/mol. The van der Waals surface area contributed by atoms with Crippen molar-refractivity contribution in [2.75, 3.05) is 9.80 Å². The molecular formula is C51H33N3O2. The first-order valence-corrected chi connectivity index (χ1v) is 18.8. The molecule has 11 rings (SSSR count). The zero-order valence-corrected chi connectivity index (χ0v) is 30.2. The zero-order valence-electron chi connectivity index (χ0n) is 30.2. The van der Waals surface area contributed by atoms with Crippen molar-refractivity contribution in [2.45, 2.75) is 0 Å². The molecule has 0 aliphatic carbocycles. The van der Waals surface area contributed by atoms with Gasteiger partial charge in [0.1, 0.15) is 16.7 Å². The molecule has 0 saturated heterocycles. The molecule has 9 aromatic carbocycles. The van der Waals surface area contributed by atoms with Gasteiger partial charge in [-0.25, -0.2) is 4.98 Å². The number of rotatable bonds is 8. The Morgan fingerprint density at radius 1 is 0.339 bits per heavy atom. The van der Waals surface area contributed by atoms with Crippen LogP contribution in [0.2, 0.25) is 0 Å². The van der Waals surface area contributed by atoms with Gasteiger partial charge in [0.05, 0.1) is 0 Å². The van der Waals surface area contributed by atoms with E-state index in [4.69, 9.17) is 13.8 Å². The summed E-state index contributed by atoms with van der Waals surface area (Å²) in [4.78, 5) is 9.89. The maximum atomic E-state index is 6.91. The second-order valence-electron chi connectivity index (χ2n) is 14.0. The first-order chi connectivity index (χ1) is 27.8. The van der Waals surface area contributed by atoms with Crippen LogP contribution in [0.1, 0.15) is 0 Å². The van der Waals surface area contributed by atoms with E-state index in [2.05, 4.69) is 180 Å². The minimum Gasteiger partial charge on any atom is -0.456 e. The fourth-order valence-electron chi connectivity index (χ4n) is 8.10. The number of nitrogens with zero attached hydrogens (tertiary/aromatic N) is 3. The minimum atomic E-state index is 0.544. The summed E-state index contributed by atoms with van der Waals surface area (Å²) in [5, 5.41) is 4.15. The summed E-state index contributed by atoms with van der Waals surface area (Å²) in [6.45, 7) is 0. The van der Waals surface area contributed by atoms with E-state index in [0.29, 0.717) is 5.89 Å². The molecule has 0 N–H and O–H groups in total. The Bertz CT molecular complexity index is 3000. The third-order valence-corrected chi connectivity index (χ3v) is 10.6. The molecule has 0 spiro atoms. The number of hydrogen-bond acceptors (Lipinski definition) is 5. The molecule has 0 radical (unpaired) electrons. The molecule has 56 heavy (non-hydrogen) atoms. The molecule has 0 aliphatic heterocycles. The standard InChI is InChI=1S/C51H33N3O2/c1-5-15-34(16-6-1)35-27-29-40(30-28-35)54(39-21-11-4-12-22-39)42-32-36(31-41(33-42)53(37-17-7-2-8-18-37)38-19-9-3-10-20-38)51-52-49-43-23-13-25-45-47(43)48-44(50(49)56-51)24-14-26-46(48)55-45/h1-33H. The van der Waals surface area contributed by atoms with Gasteiger partial charge in [-0.05, 0) is 90.0 Å². The highest BCUT2D eigenvalue weighted by molar-refractivity contribution is 6.31. The van der Waals surface area contributed by atoms with Gasteiger partial charge in [0.2, 0.25) is 5.89 Å².